The number of benzene rings is 9. The summed E-state index contributed by atoms with van der Waals surface area (Å²) < 4.78 is 49.2. The molecule has 0 aliphatic carbocycles. The van der Waals surface area contributed by atoms with Crippen molar-refractivity contribution in [2.24, 2.45) is 0 Å². The van der Waals surface area contributed by atoms with Gasteiger partial charge >= 0.3 is 6.18 Å². The maximum Gasteiger partial charge on any atom is 0.417 e. The molecule has 0 bridgehead atoms. The highest BCUT2D eigenvalue weighted by atomic mass is 19.4. The Morgan fingerprint density at radius 1 is 0.379 bits per heavy atom. The smallest absolute Gasteiger partial charge is 0.309 e. The minimum absolute atomic E-state index is 0.0465. The highest BCUT2D eigenvalue weighted by molar-refractivity contribution is 6.13. The van der Waals surface area contributed by atoms with Gasteiger partial charge in [-0.2, -0.15) is 23.7 Å². The summed E-state index contributed by atoms with van der Waals surface area (Å²) in [5.74, 6) is 0. The third-order valence-electron chi connectivity index (χ3n) is 12.9. The average Bonchev–Trinajstić information content (AvgIpc) is 3.85. The second-order valence-electron chi connectivity index (χ2n) is 16.7. The van der Waals surface area contributed by atoms with Gasteiger partial charge in [0.2, 0.25) is 0 Å². The van der Waals surface area contributed by atoms with E-state index in [9.17, 15) is 23.7 Å². The molecule has 0 aliphatic heterocycles. The summed E-state index contributed by atoms with van der Waals surface area (Å²) in [6, 6.07) is 64.8. The summed E-state index contributed by atoms with van der Waals surface area (Å²) >= 11 is 0. The number of halogens is 3. The molecule has 314 valence electrons. The largest absolute Gasteiger partial charge is 0.417 e. The van der Waals surface area contributed by atoms with E-state index in [1.165, 1.54) is 17.7 Å². The molecule has 0 N–H and O–H groups in total. The predicted octanol–water partition coefficient (Wildman–Crippen LogP) is 15.9. The summed E-state index contributed by atoms with van der Waals surface area (Å²) in [7, 11) is 0. The Hall–Kier alpha value is -8.65. The highest BCUT2D eigenvalue weighted by Crippen LogP contribution is 2.45. The lowest BCUT2D eigenvalue weighted by atomic mass is 9.92. The number of rotatable bonds is 6. The molecule has 11 rings (SSSR count). The van der Waals surface area contributed by atoms with E-state index >= 15 is 0 Å². The molecule has 0 saturated heterocycles. The van der Waals surface area contributed by atoms with Crippen molar-refractivity contribution in [2.45, 2.75) is 20.0 Å². The zero-order chi connectivity index (χ0) is 45.3. The lowest BCUT2D eigenvalue weighted by Crippen LogP contribution is -2.08. The van der Waals surface area contributed by atoms with Crippen LogP contribution in [-0.4, -0.2) is 9.13 Å². The zero-order valence-electron chi connectivity index (χ0n) is 35.8. The van der Waals surface area contributed by atoms with Crippen LogP contribution in [0.2, 0.25) is 0 Å². The van der Waals surface area contributed by atoms with Gasteiger partial charge in [0.25, 0.3) is 0 Å². The zero-order valence-corrected chi connectivity index (χ0v) is 35.8. The third-order valence-corrected chi connectivity index (χ3v) is 12.9. The van der Waals surface area contributed by atoms with Crippen molar-refractivity contribution in [2.75, 3.05) is 0 Å². The van der Waals surface area contributed by atoms with E-state index in [1.54, 1.807) is 6.07 Å². The molecule has 0 saturated carbocycles. The Bertz CT molecular complexity index is 3870. The second kappa shape index (κ2) is 15.6. The Kier molecular flexibility index (Phi) is 9.46. The van der Waals surface area contributed by atoms with Crippen LogP contribution in [0.3, 0.4) is 0 Å². The molecule has 2 aromatic heterocycles. The molecule has 0 spiro atoms. The van der Waals surface area contributed by atoms with Crippen LogP contribution in [0, 0.1) is 36.5 Å². The van der Waals surface area contributed by atoms with Gasteiger partial charge in [0.1, 0.15) is 0 Å². The van der Waals surface area contributed by atoms with Gasteiger partial charge in [-0.1, -0.05) is 115 Å². The van der Waals surface area contributed by atoms with Crippen LogP contribution >= 0.6 is 0 Å². The molecule has 7 heteroatoms. The summed E-state index contributed by atoms with van der Waals surface area (Å²) in [6.07, 6.45) is -4.73. The van der Waals surface area contributed by atoms with Crippen molar-refractivity contribution in [1.29, 1.82) is 10.5 Å². The van der Waals surface area contributed by atoms with Crippen LogP contribution in [0.25, 0.3) is 99.5 Å². The SMILES string of the molecule is Cc1ccccc1-c1ccc2c(c1)c1ccccc1n2-c1ccc(C#N)cc1-c1ccc(-c2ccc(C#N)cc2C(F)(F)F)cc1-n1c2ccccc2c2cc(-c3ccccc3C)ccc21. The van der Waals surface area contributed by atoms with Crippen molar-refractivity contribution >= 4 is 43.6 Å². The average molecular weight is 859 g/mol. The molecule has 11 aromatic rings. The number of fused-ring (bicyclic) bond motifs is 6. The topological polar surface area (TPSA) is 57.4 Å². The molecule has 0 amide bonds. The standard InChI is InChI=1S/C59H37F3N4/c1-36-11-3-5-13-43(36)40-22-27-56-50(31-40)46-15-7-9-17-53(46)65(56)55-26-20-38(34-63)29-49(55)48-25-21-42(45-24-19-39(35-64)30-52(45)59(60,61)62)33-58(48)66-54-18-10-8-16-47(54)51-32-41(23-28-57(51)66)44-14-6-4-12-37(44)2/h3-33H,1-2H3. The number of alkyl halides is 3. The van der Waals surface area contributed by atoms with E-state index < -0.39 is 11.7 Å². The molecule has 0 atom stereocenters. The quantitative estimate of drug-likeness (QED) is 0.167. The maximum atomic E-state index is 14.9. The van der Waals surface area contributed by atoms with Gasteiger partial charge in [0, 0.05) is 32.7 Å². The monoisotopic (exact) mass is 858 g/mol. The summed E-state index contributed by atoms with van der Waals surface area (Å²) in [5, 5.41) is 24.2. The fourth-order valence-corrected chi connectivity index (χ4v) is 9.82. The number of nitrogens with zero attached hydrogens (tertiary/aromatic N) is 4. The van der Waals surface area contributed by atoms with Crippen LogP contribution in [0.5, 0.6) is 0 Å². The van der Waals surface area contributed by atoms with Crippen LogP contribution in [0.1, 0.15) is 27.8 Å². The minimum atomic E-state index is -4.73. The van der Waals surface area contributed by atoms with Crippen LogP contribution in [0.4, 0.5) is 13.2 Å². The molecule has 2 heterocycles. The minimum Gasteiger partial charge on any atom is -0.309 e. The molecular formula is C59H37F3N4. The van der Waals surface area contributed by atoms with Crippen molar-refractivity contribution in [3.05, 3.63) is 216 Å². The van der Waals surface area contributed by atoms with Crippen molar-refractivity contribution in [1.82, 2.24) is 9.13 Å². The predicted molar refractivity (Wildman–Crippen MR) is 261 cm³/mol. The van der Waals surface area contributed by atoms with E-state index in [0.29, 0.717) is 22.4 Å². The molecule has 4 nitrogen and oxygen atoms in total. The first-order chi connectivity index (χ1) is 32.1. The van der Waals surface area contributed by atoms with Gasteiger partial charge in [-0.15, -0.1) is 0 Å². The number of nitriles is 2. The van der Waals surface area contributed by atoms with Gasteiger partial charge in [-0.05, 0) is 131 Å². The molecule has 0 aliphatic rings. The first kappa shape index (κ1) is 40.1. The molecule has 9 aromatic carbocycles. The number of hydrogen-bond donors (Lipinski definition) is 0. The molecule has 0 fully saturated rings. The van der Waals surface area contributed by atoms with Gasteiger partial charge in [-0.25, -0.2) is 0 Å². The van der Waals surface area contributed by atoms with Gasteiger partial charge in [0.15, 0.2) is 0 Å². The first-order valence-electron chi connectivity index (χ1n) is 21.6. The van der Waals surface area contributed by atoms with Crippen molar-refractivity contribution < 1.29 is 13.2 Å². The maximum absolute atomic E-state index is 14.9. The van der Waals surface area contributed by atoms with E-state index in [-0.39, 0.29) is 11.1 Å². The van der Waals surface area contributed by atoms with Crippen LogP contribution in [-0.2, 0) is 6.18 Å². The number of hydrogen-bond acceptors (Lipinski definition) is 2. The van der Waals surface area contributed by atoms with E-state index in [2.05, 4.69) is 108 Å². The summed E-state index contributed by atoms with van der Waals surface area (Å²) in [4.78, 5) is 0. The fraction of sp³-hybridized carbons (Fsp3) is 0.0508. The second-order valence-corrected chi connectivity index (χ2v) is 16.7. The fourth-order valence-electron chi connectivity index (χ4n) is 9.82. The van der Waals surface area contributed by atoms with Crippen LogP contribution < -0.4 is 0 Å². The van der Waals surface area contributed by atoms with E-state index in [4.69, 9.17) is 0 Å². The van der Waals surface area contributed by atoms with Gasteiger partial charge < -0.3 is 9.13 Å². The summed E-state index contributed by atoms with van der Waals surface area (Å²) in [5.41, 5.74) is 13.0. The van der Waals surface area contributed by atoms with Gasteiger partial charge in [0.05, 0.1) is 62.3 Å². The van der Waals surface area contributed by atoms with Crippen molar-refractivity contribution in [3.8, 4) is 68.0 Å². The third kappa shape index (κ3) is 6.52. The van der Waals surface area contributed by atoms with Crippen molar-refractivity contribution in [3.63, 3.8) is 0 Å². The molecule has 0 radical (unpaired) electrons. The Balaban J connectivity index is 1.23. The van der Waals surface area contributed by atoms with Crippen LogP contribution in [0.15, 0.2) is 188 Å². The lowest BCUT2D eigenvalue weighted by molar-refractivity contribution is -0.137. The summed E-state index contributed by atoms with van der Waals surface area (Å²) in [6.45, 7) is 4.20. The first-order valence-corrected chi connectivity index (χ1v) is 21.6. The Labute approximate surface area is 378 Å². The Morgan fingerprint density at radius 2 is 0.833 bits per heavy atom. The number of para-hydroxylation sites is 2. The van der Waals surface area contributed by atoms with Gasteiger partial charge in [-0.3, -0.25) is 0 Å². The number of aromatic nitrogens is 2. The Morgan fingerprint density at radius 3 is 1.39 bits per heavy atom. The lowest BCUT2D eigenvalue weighted by Gasteiger charge is -2.21. The normalized spacial score (nSPS) is 11.7. The number of aryl methyl sites for hydroxylation is 2. The molecule has 0 unspecified atom stereocenters. The molecule has 66 heavy (non-hydrogen) atoms. The van der Waals surface area contributed by atoms with E-state index in [1.807, 2.05) is 91.0 Å². The van der Waals surface area contributed by atoms with E-state index in [0.717, 1.165) is 88.7 Å². The molecular weight excluding hydrogens is 822 g/mol. The highest BCUT2D eigenvalue weighted by Gasteiger charge is 2.34.